The number of hydrogen-bond acceptors (Lipinski definition) is 3. The molecule has 0 saturated carbocycles. The maximum Gasteiger partial charge on any atom is 0.251 e. The average molecular weight is 338 g/mol. The van der Waals surface area contributed by atoms with Crippen molar-refractivity contribution in [1.29, 1.82) is 0 Å². The smallest absolute Gasteiger partial charge is 0.251 e. The number of hydrogen-bond donors (Lipinski definition) is 2. The largest absolute Gasteiger partial charge is 0.388 e. The minimum Gasteiger partial charge on any atom is -0.388 e. The number of amides is 1. The fraction of sp³-hybridized carbons (Fsp3) is 0.381. The lowest BCUT2D eigenvalue weighted by molar-refractivity contribution is 0.0567. The number of aliphatic hydroxyl groups excluding tert-OH is 1. The van der Waals surface area contributed by atoms with Gasteiger partial charge >= 0.3 is 0 Å². The molecule has 0 spiro atoms. The Kier molecular flexibility index (Phi) is 5.84. The second-order valence-corrected chi connectivity index (χ2v) is 6.75. The Hall–Kier alpha value is -2.17. The number of carbonyl (C=O) groups is 1. The maximum atomic E-state index is 11.8. The number of benzene rings is 2. The van der Waals surface area contributed by atoms with E-state index in [1.165, 1.54) is 0 Å². The fourth-order valence-electron chi connectivity index (χ4n) is 3.56. The average Bonchev–Trinajstić information content (AvgIpc) is 2.68. The number of rotatable bonds is 5. The minimum atomic E-state index is -0.375. The van der Waals surface area contributed by atoms with Gasteiger partial charge in [-0.1, -0.05) is 42.5 Å². The molecule has 0 aliphatic carbocycles. The molecule has 3 rings (SSSR count). The van der Waals surface area contributed by atoms with Crippen LogP contribution in [0.3, 0.4) is 0 Å². The number of nitrogens with zero attached hydrogens (tertiary/aromatic N) is 1. The molecule has 4 heteroatoms. The van der Waals surface area contributed by atoms with Crippen LogP contribution in [0.2, 0.25) is 0 Å². The molecule has 25 heavy (non-hydrogen) atoms. The van der Waals surface area contributed by atoms with Crippen molar-refractivity contribution >= 4 is 5.91 Å². The molecule has 2 aromatic carbocycles. The van der Waals surface area contributed by atoms with Crippen LogP contribution in [-0.4, -0.2) is 36.1 Å². The lowest BCUT2D eigenvalue weighted by Gasteiger charge is -2.34. The van der Waals surface area contributed by atoms with Crippen LogP contribution in [-0.2, 0) is 6.54 Å². The molecule has 2 aromatic rings. The summed E-state index contributed by atoms with van der Waals surface area (Å²) in [5.74, 6) is 0.266. The predicted octanol–water partition coefficient (Wildman–Crippen LogP) is 2.99. The van der Waals surface area contributed by atoms with Crippen LogP contribution in [0, 0.1) is 5.92 Å². The molecule has 0 aromatic heterocycles. The van der Waals surface area contributed by atoms with E-state index < -0.39 is 0 Å². The zero-order valence-corrected chi connectivity index (χ0v) is 14.7. The number of nitrogens with one attached hydrogen (secondary N) is 1. The highest BCUT2D eigenvalue weighted by molar-refractivity contribution is 5.94. The van der Waals surface area contributed by atoms with E-state index in [9.17, 15) is 9.90 Å². The molecule has 1 aliphatic rings. The van der Waals surface area contributed by atoms with Crippen LogP contribution in [0.1, 0.15) is 40.4 Å². The first-order valence-corrected chi connectivity index (χ1v) is 8.94. The molecule has 1 fully saturated rings. The predicted molar refractivity (Wildman–Crippen MR) is 99.2 cm³/mol. The lowest BCUT2D eigenvalue weighted by Crippen LogP contribution is -2.35. The van der Waals surface area contributed by atoms with Crippen molar-refractivity contribution in [2.24, 2.45) is 5.92 Å². The Bertz CT molecular complexity index is 694. The van der Waals surface area contributed by atoms with Crippen molar-refractivity contribution in [2.75, 3.05) is 20.1 Å². The van der Waals surface area contributed by atoms with Gasteiger partial charge in [-0.15, -0.1) is 0 Å². The summed E-state index contributed by atoms with van der Waals surface area (Å²) in [6.45, 7) is 2.79. The third-order valence-corrected chi connectivity index (χ3v) is 5.04. The van der Waals surface area contributed by atoms with Crippen molar-refractivity contribution in [3.05, 3.63) is 71.3 Å². The van der Waals surface area contributed by atoms with E-state index in [4.69, 9.17) is 0 Å². The van der Waals surface area contributed by atoms with E-state index >= 15 is 0 Å². The zero-order valence-electron chi connectivity index (χ0n) is 14.7. The molecule has 0 bridgehead atoms. The normalized spacial score (nSPS) is 17.2. The molecule has 1 atom stereocenters. The van der Waals surface area contributed by atoms with Crippen molar-refractivity contribution in [3.63, 3.8) is 0 Å². The zero-order chi connectivity index (χ0) is 17.6. The summed E-state index contributed by atoms with van der Waals surface area (Å²) >= 11 is 0. The van der Waals surface area contributed by atoms with Crippen LogP contribution in [0.25, 0.3) is 0 Å². The number of likely N-dealkylation sites (tertiary alicyclic amines) is 1. The Morgan fingerprint density at radius 2 is 1.88 bits per heavy atom. The fourth-order valence-corrected chi connectivity index (χ4v) is 3.56. The second-order valence-electron chi connectivity index (χ2n) is 6.75. The number of piperidine rings is 1. The first-order valence-electron chi connectivity index (χ1n) is 8.94. The van der Waals surface area contributed by atoms with Crippen LogP contribution < -0.4 is 5.32 Å². The van der Waals surface area contributed by atoms with Crippen molar-refractivity contribution < 1.29 is 9.90 Å². The van der Waals surface area contributed by atoms with Crippen molar-refractivity contribution in [2.45, 2.75) is 25.5 Å². The van der Waals surface area contributed by atoms with Gasteiger partial charge in [-0.05, 0) is 55.1 Å². The van der Waals surface area contributed by atoms with Gasteiger partial charge in [0.05, 0.1) is 6.10 Å². The maximum absolute atomic E-state index is 11.8. The van der Waals surface area contributed by atoms with Gasteiger partial charge < -0.3 is 10.4 Å². The molecule has 2 N–H and O–H groups in total. The topological polar surface area (TPSA) is 52.6 Å². The van der Waals surface area contributed by atoms with Crippen molar-refractivity contribution in [3.8, 4) is 0 Å². The SMILES string of the molecule is CNC(=O)c1cccc(CN2CCC(C(O)c3ccccc3)CC2)c1. The molecule has 1 amide bonds. The summed E-state index contributed by atoms with van der Waals surface area (Å²) in [5, 5.41) is 13.2. The monoisotopic (exact) mass is 338 g/mol. The molecule has 1 aliphatic heterocycles. The van der Waals surface area contributed by atoms with Gasteiger partial charge in [0.1, 0.15) is 0 Å². The molecule has 1 saturated heterocycles. The van der Waals surface area contributed by atoms with E-state index in [-0.39, 0.29) is 12.0 Å². The first-order chi connectivity index (χ1) is 12.2. The molecular formula is C21H26N2O2. The van der Waals surface area contributed by atoms with Gasteiger partial charge in [-0.25, -0.2) is 0 Å². The van der Waals surface area contributed by atoms with E-state index in [1.807, 2.05) is 48.5 Å². The minimum absolute atomic E-state index is 0.0495. The molecule has 4 nitrogen and oxygen atoms in total. The summed E-state index contributed by atoms with van der Waals surface area (Å²) in [6.07, 6.45) is 1.61. The quantitative estimate of drug-likeness (QED) is 0.881. The van der Waals surface area contributed by atoms with Gasteiger partial charge in [0.25, 0.3) is 5.91 Å². The van der Waals surface area contributed by atoms with Gasteiger partial charge in [-0.3, -0.25) is 9.69 Å². The molecule has 132 valence electrons. The van der Waals surface area contributed by atoms with Crippen molar-refractivity contribution in [1.82, 2.24) is 10.2 Å². The summed E-state index contributed by atoms with van der Waals surface area (Å²) in [7, 11) is 1.65. The van der Waals surface area contributed by atoms with E-state index in [0.29, 0.717) is 11.5 Å². The summed E-state index contributed by atoms with van der Waals surface area (Å²) in [6, 6.07) is 17.7. The van der Waals surface area contributed by atoms with Crippen LogP contribution in [0.15, 0.2) is 54.6 Å². The van der Waals surface area contributed by atoms with Gasteiger partial charge in [0, 0.05) is 19.2 Å². The second kappa shape index (κ2) is 8.28. The summed E-state index contributed by atoms with van der Waals surface area (Å²) < 4.78 is 0. The van der Waals surface area contributed by atoms with Crippen LogP contribution in [0.5, 0.6) is 0 Å². The van der Waals surface area contributed by atoms with Crippen LogP contribution in [0.4, 0.5) is 0 Å². The summed E-state index contributed by atoms with van der Waals surface area (Å²) in [5.41, 5.74) is 2.87. The standard InChI is InChI=1S/C21H26N2O2/c1-22-21(25)19-9-5-6-16(14-19)15-23-12-10-18(11-13-23)20(24)17-7-3-2-4-8-17/h2-9,14,18,20,24H,10-13,15H2,1H3,(H,22,25). The lowest BCUT2D eigenvalue weighted by atomic mass is 9.87. The number of aliphatic hydroxyl groups is 1. The highest BCUT2D eigenvalue weighted by atomic mass is 16.3. The third kappa shape index (κ3) is 4.47. The Labute approximate surface area is 149 Å². The van der Waals surface area contributed by atoms with Gasteiger partial charge in [0.15, 0.2) is 0 Å². The molecule has 1 unspecified atom stereocenters. The molecule has 1 heterocycles. The molecular weight excluding hydrogens is 312 g/mol. The van der Waals surface area contributed by atoms with Crippen LogP contribution >= 0.6 is 0 Å². The first kappa shape index (κ1) is 17.6. The summed E-state index contributed by atoms with van der Waals surface area (Å²) in [4.78, 5) is 14.2. The highest BCUT2D eigenvalue weighted by Gasteiger charge is 2.26. The van der Waals surface area contributed by atoms with Gasteiger partial charge in [0.2, 0.25) is 0 Å². The van der Waals surface area contributed by atoms with E-state index in [1.54, 1.807) is 7.05 Å². The Balaban J connectivity index is 1.55. The Morgan fingerprint density at radius 3 is 2.56 bits per heavy atom. The highest BCUT2D eigenvalue weighted by Crippen LogP contribution is 2.31. The van der Waals surface area contributed by atoms with E-state index in [0.717, 1.165) is 43.6 Å². The number of carbonyl (C=O) groups excluding carboxylic acids is 1. The van der Waals surface area contributed by atoms with Gasteiger partial charge in [-0.2, -0.15) is 0 Å². The third-order valence-electron chi connectivity index (χ3n) is 5.04. The molecule has 0 radical (unpaired) electrons. The van der Waals surface area contributed by atoms with E-state index in [2.05, 4.69) is 16.3 Å². The Morgan fingerprint density at radius 1 is 1.16 bits per heavy atom.